The number of ether oxygens (including phenoxy) is 1. The molecule has 0 aliphatic carbocycles. The van der Waals surface area contributed by atoms with Crippen LogP contribution in [0.15, 0.2) is 18.2 Å². The molecule has 2 fully saturated rings. The molecule has 31 heavy (non-hydrogen) atoms. The summed E-state index contributed by atoms with van der Waals surface area (Å²) in [7, 11) is -0.474. The number of anilines is 1. The Balaban J connectivity index is 1.52. The van der Waals surface area contributed by atoms with Gasteiger partial charge in [-0.15, -0.1) is 0 Å². The van der Waals surface area contributed by atoms with Crippen molar-refractivity contribution in [1.82, 2.24) is 4.90 Å². The van der Waals surface area contributed by atoms with Crippen LogP contribution in [-0.4, -0.2) is 53.9 Å². The number of benzene rings is 1. The van der Waals surface area contributed by atoms with E-state index in [1.54, 1.807) is 4.90 Å². The summed E-state index contributed by atoms with van der Waals surface area (Å²) in [6.45, 7) is 14.6. The molecule has 2 saturated heterocycles. The van der Waals surface area contributed by atoms with E-state index < -0.39 is 29.3 Å². The first-order valence-electron chi connectivity index (χ1n) is 11.0. The van der Waals surface area contributed by atoms with Crippen LogP contribution in [-0.2, 0) is 24.3 Å². The highest BCUT2D eigenvalue weighted by Crippen LogP contribution is 2.45. The molecule has 168 valence electrons. The Morgan fingerprint density at radius 1 is 1.10 bits per heavy atom. The van der Waals surface area contributed by atoms with Crippen LogP contribution < -0.4 is 10.8 Å². The van der Waals surface area contributed by atoms with Crippen LogP contribution in [0.25, 0.3) is 0 Å². The van der Waals surface area contributed by atoms with Gasteiger partial charge in [-0.1, -0.05) is 12.1 Å². The first kappa shape index (κ1) is 22.2. The van der Waals surface area contributed by atoms with Crippen molar-refractivity contribution in [2.24, 2.45) is 0 Å². The number of carbonyl (C=O) groups excluding carboxylic acids is 2. The normalized spacial score (nSPS) is 23.6. The SMILES string of the molecule is CC(C)(C)OC(=O)N1CCC2(CC1)C(=O)Nc1cc(B3OC(C)(C)C(C)(C)O3)ccc12. The van der Waals surface area contributed by atoms with Crippen molar-refractivity contribution >= 4 is 30.3 Å². The topological polar surface area (TPSA) is 77.1 Å². The Bertz CT molecular complexity index is 897. The second-order valence-electron chi connectivity index (χ2n) is 10.9. The molecule has 0 bridgehead atoms. The lowest BCUT2D eigenvalue weighted by molar-refractivity contribution is -0.122. The molecular formula is C23H33BN2O5. The van der Waals surface area contributed by atoms with Gasteiger partial charge in [0, 0.05) is 18.8 Å². The van der Waals surface area contributed by atoms with Crippen molar-refractivity contribution in [3.05, 3.63) is 23.8 Å². The summed E-state index contributed by atoms with van der Waals surface area (Å²) in [4.78, 5) is 27.2. The third-order valence-corrected chi connectivity index (χ3v) is 7.04. The van der Waals surface area contributed by atoms with Crippen LogP contribution in [0.1, 0.15) is 66.9 Å². The lowest BCUT2D eigenvalue weighted by atomic mass is 9.72. The molecule has 0 saturated carbocycles. The van der Waals surface area contributed by atoms with Crippen LogP contribution in [0, 0.1) is 0 Å². The second kappa shape index (κ2) is 6.97. The Hall–Kier alpha value is -2.06. The molecule has 0 atom stereocenters. The molecule has 1 aromatic carbocycles. The molecule has 1 N–H and O–H groups in total. The third-order valence-electron chi connectivity index (χ3n) is 7.04. The first-order chi connectivity index (χ1) is 14.2. The number of carbonyl (C=O) groups is 2. The molecule has 0 aromatic heterocycles. The minimum absolute atomic E-state index is 0.00240. The van der Waals surface area contributed by atoms with Gasteiger partial charge in [0.2, 0.25) is 5.91 Å². The molecule has 1 spiro atoms. The van der Waals surface area contributed by atoms with Gasteiger partial charge in [-0.05, 0) is 78.4 Å². The average Bonchev–Trinajstić information content (AvgIpc) is 3.03. The Morgan fingerprint density at radius 2 is 1.68 bits per heavy atom. The third kappa shape index (κ3) is 3.74. The largest absolute Gasteiger partial charge is 0.494 e. The maximum absolute atomic E-state index is 13.0. The lowest BCUT2D eigenvalue weighted by Crippen LogP contribution is -2.49. The first-order valence-corrected chi connectivity index (χ1v) is 11.0. The van der Waals surface area contributed by atoms with E-state index in [0.29, 0.717) is 25.9 Å². The molecule has 0 unspecified atom stereocenters. The quantitative estimate of drug-likeness (QED) is 0.696. The molecule has 1 aromatic rings. The van der Waals surface area contributed by atoms with E-state index >= 15 is 0 Å². The highest BCUT2D eigenvalue weighted by molar-refractivity contribution is 6.62. The van der Waals surface area contributed by atoms with Crippen molar-refractivity contribution in [2.45, 2.75) is 83.5 Å². The molecule has 3 aliphatic rings. The van der Waals surface area contributed by atoms with Crippen LogP contribution in [0.2, 0.25) is 0 Å². The molecule has 7 nitrogen and oxygen atoms in total. The summed E-state index contributed by atoms with van der Waals surface area (Å²) in [5.74, 6) is -0.00240. The van der Waals surface area contributed by atoms with Crippen molar-refractivity contribution < 1.29 is 23.6 Å². The zero-order valence-corrected chi connectivity index (χ0v) is 19.6. The number of rotatable bonds is 1. The highest BCUT2D eigenvalue weighted by Gasteiger charge is 2.53. The molecular weight excluding hydrogens is 395 g/mol. The molecule has 2 amide bonds. The summed E-state index contributed by atoms with van der Waals surface area (Å²) < 4.78 is 17.8. The molecule has 3 heterocycles. The van der Waals surface area contributed by atoms with Crippen LogP contribution in [0.5, 0.6) is 0 Å². The fraction of sp³-hybridized carbons (Fsp3) is 0.652. The standard InChI is InChI=1S/C23H33BN2O5/c1-20(2,3)29-19(28)26-12-10-23(11-13-26)16-9-8-15(14-17(16)25-18(23)27)24-30-21(4,5)22(6,7)31-24/h8-9,14H,10-13H2,1-7H3,(H,25,27). The van der Waals surface area contributed by atoms with Gasteiger partial charge in [0.1, 0.15) is 5.60 Å². The minimum Gasteiger partial charge on any atom is -0.444 e. The fourth-order valence-corrected chi connectivity index (χ4v) is 4.47. The molecule has 4 rings (SSSR count). The second-order valence-corrected chi connectivity index (χ2v) is 10.9. The van der Waals surface area contributed by atoms with Gasteiger partial charge in [-0.2, -0.15) is 0 Å². The number of piperidine rings is 1. The van der Waals surface area contributed by atoms with Gasteiger partial charge in [0.15, 0.2) is 0 Å². The molecule has 0 radical (unpaired) electrons. The lowest BCUT2D eigenvalue weighted by Gasteiger charge is -2.38. The maximum atomic E-state index is 13.0. The van der Waals surface area contributed by atoms with Gasteiger partial charge in [0.25, 0.3) is 0 Å². The van der Waals surface area contributed by atoms with Gasteiger partial charge >= 0.3 is 13.2 Å². The average molecular weight is 428 g/mol. The zero-order chi connectivity index (χ0) is 22.8. The van der Waals surface area contributed by atoms with Gasteiger partial charge in [0.05, 0.1) is 16.6 Å². The maximum Gasteiger partial charge on any atom is 0.494 e. The van der Waals surface area contributed by atoms with Gasteiger partial charge in [-0.3, -0.25) is 4.79 Å². The van der Waals surface area contributed by atoms with Crippen LogP contribution >= 0.6 is 0 Å². The number of nitrogens with one attached hydrogen (secondary N) is 1. The molecule has 8 heteroatoms. The number of nitrogens with zero attached hydrogens (tertiary/aromatic N) is 1. The number of fused-ring (bicyclic) bond motifs is 2. The Kier molecular flexibility index (Phi) is 4.98. The summed E-state index contributed by atoms with van der Waals surface area (Å²) in [6.07, 6.45) is 0.819. The Labute approximate surface area is 184 Å². The summed E-state index contributed by atoms with van der Waals surface area (Å²) in [6, 6.07) is 5.96. The molecule has 3 aliphatic heterocycles. The summed E-state index contributed by atoms with van der Waals surface area (Å²) >= 11 is 0. The van der Waals surface area contributed by atoms with Gasteiger partial charge < -0.3 is 24.3 Å². The van der Waals surface area contributed by atoms with Crippen LogP contribution in [0.3, 0.4) is 0 Å². The number of amides is 2. The zero-order valence-electron chi connectivity index (χ0n) is 19.6. The highest BCUT2D eigenvalue weighted by atomic mass is 16.7. The predicted octanol–water partition coefficient (Wildman–Crippen LogP) is 3.21. The summed E-state index contributed by atoms with van der Waals surface area (Å²) in [5, 5.41) is 3.06. The van der Waals surface area contributed by atoms with E-state index in [4.69, 9.17) is 14.0 Å². The smallest absolute Gasteiger partial charge is 0.444 e. The van der Waals surface area contributed by atoms with Crippen molar-refractivity contribution in [2.75, 3.05) is 18.4 Å². The fourth-order valence-electron chi connectivity index (χ4n) is 4.47. The van der Waals surface area contributed by atoms with E-state index in [1.165, 1.54) is 0 Å². The van der Waals surface area contributed by atoms with E-state index in [2.05, 4.69) is 5.32 Å². The summed E-state index contributed by atoms with van der Waals surface area (Å²) in [5.41, 5.74) is 0.701. The Morgan fingerprint density at radius 3 is 2.23 bits per heavy atom. The van der Waals surface area contributed by atoms with E-state index in [-0.39, 0.29) is 12.0 Å². The van der Waals surface area contributed by atoms with Gasteiger partial charge in [-0.25, -0.2) is 4.79 Å². The van der Waals surface area contributed by atoms with Crippen molar-refractivity contribution in [3.8, 4) is 0 Å². The van der Waals surface area contributed by atoms with Crippen molar-refractivity contribution in [1.29, 1.82) is 0 Å². The van der Waals surface area contributed by atoms with Crippen LogP contribution in [0.4, 0.5) is 10.5 Å². The number of likely N-dealkylation sites (tertiary alicyclic amines) is 1. The monoisotopic (exact) mass is 428 g/mol. The predicted molar refractivity (Wildman–Crippen MR) is 120 cm³/mol. The minimum atomic E-state index is -0.609. The number of hydrogen-bond acceptors (Lipinski definition) is 5. The number of hydrogen-bond donors (Lipinski definition) is 1. The van der Waals surface area contributed by atoms with E-state index in [0.717, 1.165) is 16.7 Å². The van der Waals surface area contributed by atoms with E-state index in [1.807, 2.05) is 66.7 Å². The van der Waals surface area contributed by atoms with Crippen molar-refractivity contribution in [3.63, 3.8) is 0 Å². The van der Waals surface area contributed by atoms with E-state index in [9.17, 15) is 9.59 Å².